The second kappa shape index (κ2) is 11.6. The lowest BCUT2D eigenvalue weighted by Gasteiger charge is -2.32. The van der Waals surface area contributed by atoms with Crippen LogP contribution < -0.4 is 4.74 Å². The second-order valence-electron chi connectivity index (χ2n) is 11.1. The van der Waals surface area contributed by atoms with Crippen LogP contribution in [0.3, 0.4) is 0 Å². The molecule has 0 aromatic heterocycles. The molecule has 3 aromatic rings. The molecule has 0 bridgehead atoms. The number of carboxylic acid groups (broad SMARTS) is 1. The Hall–Kier alpha value is -3.25. The maximum atomic E-state index is 15.5. The molecular formula is C32H36F2O4. The fraction of sp³-hybridized carbons (Fsp3) is 0.406. The van der Waals surface area contributed by atoms with Crippen molar-refractivity contribution in [3.05, 3.63) is 89.0 Å². The van der Waals surface area contributed by atoms with Crippen LogP contribution in [-0.2, 0) is 16.1 Å². The number of rotatable bonds is 11. The van der Waals surface area contributed by atoms with Gasteiger partial charge in [-0.05, 0) is 71.6 Å². The molecule has 1 N–H and O–H groups in total. The van der Waals surface area contributed by atoms with E-state index in [1.165, 1.54) is 6.07 Å². The first kappa shape index (κ1) is 27.8. The van der Waals surface area contributed by atoms with Crippen LogP contribution in [0.25, 0.3) is 11.1 Å². The number of halogens is 2. The average molecular weight is 523 g/mol. The molecule has 0 spiro atoms. The van der Waals surface area contributed by atoms with Crippen molar-refractivity contribution in [3.8, 4) is 16.9 Å². The summed E-state index contributed by atoms with van der Waals surface area (Å²) in [4.78, 5) is 11.4. The highest BCUT2D eigenvalue weighted by atomic mass is 19.1. The zero-order chi connectivity index (χ0) is 27.4. The molecule has 2 atom stereocenters. The van der Waals surface area contributed by atoms with Gasteiger partial charge in [0.1, 0.15) is 12.4 Å². The van der Waals surface area contributed by atoms with Gasteiger partial charge in [0.25, 0.3) is 0 Å². The summed E-state index contributed by atoms with van der Waals surface area (Å²) in [5.41, 5.74) is 3.00. The van der Waals surface area contributed by atoms with Crippen LogP contribution in [0.5, 0.6) is 5.75 Å². The van der Waals surface area contributed by atoms with Gasteiger partial charge in [0, 0.05) is 18.1 Å². The Morgan fingerprint density at radius 2 is 1.74 bits per heavy atom. The smallest absolute Gasteiger partial charge is 0.303 e. The van der Waals surface area contributed by atoms with E-state index in [9.17, 15) is 14.3 Å². The number of benzene rings is 3. The molecule has 6 heteroatoms. The van der Waals surface area contributed by atoms with Crippen LogP contribution in [0.1, 0.15) is 75.7 Å². The molecular weight excluding hydrogens is 486 g/mol. The Kier molecular flexibility index (Phi) is 8.51. The summed E-state index contributed by atoms with van der Waals surface area (Å²) in [6, 6.07) is 17.3. The van der Waals surface area contributed by atoms with Gasteiger partial charge in [-0.3, -0.25) is 4.79 Å². The second-order valence-corrected chi connectivity index (χ2v) is 11.1. The van der Waals surface area contributed by atoms with Crippen molar-refractivity contribution in [2.24, 2.45) is 11.3 Å². The van der Waals surface area contributed by atoms with Crippen LogP contribution in [-0.4, -0.2) is 17.7 Å². The van der Waals surface area contributed by atoms with Crippen molar-refractivity contribution in [2.75, 3.05) is 6.61 Å². The number of carboxylic acids is 1. The van der Waals surface area contributed by atoms with E-state index in [2.05, 4.69) is 20.8 Å². The summed E-state index contributed by atoms with van der Waals surface area (Å²) in [6.45, 7) is 8.77. The third-order valence-electron chi connectivity index (χ3n) is 7.05. The Balaban J connectivity index is 1.66. The van der Waals surface area contributed by atoms with Crippen molar-refractivity contribution in [3.63, 3.8) is 0 Å². The third-order valence-corrected chi connectivity index (χ3v) is 7.05. The lowest BCUT2D eigenvalue weighted by atomic mass is 9.81. The predicted octanol–water partition coefficient (Wildman–Crippen LogP) is 8.30. The number of ether oxygens (including phenoxy) is 2. The Bertz CT molecular complexity index is 1280. The highest BCUT2D eigenvalue weighted by Crippen LogP contribution is 2.46. The molecule has 0 unspecified atom stereocenters. The molecule has 1 aliphatic carbocycles. The third kappa shape index (κ3) is 6.41. The van der Waals surface area contributed by atoms with Gasteiger partial charge in [0.2, 0.25) is 0 Å². The molecule has 0 amide bonds. The van der Waals surface area contributed by atoms with Crippen molar-refractivity contribution >= 4 is 5.97 Å². The molecule has 0 aliphatic heterocycles. The number of aliphatic carboxylic acids is 1. The minimum absolute atomic E-state index is 0.0930. The van der Waals surface area contributed by atoms with E-state index in [4.69, 9.17) is 9.47 Å². The van der Waals surface area contributed by atoms with Gasteiger partial charge >= 0.3 is 5.97 Å². The van der Waals surface area contributed by atoms with Crippen LogP contribution in [0.2, 0.25) is 0 Å². The number of carbonyl (C=O) groups is 1. The molecule has 3 aromatic carbocycles. The average Bonchev–Trinajstić information content (AvgIpc) is 3.70. The van der Waals surface area contributed by atoms with Crippen LogP contribution in [0, 0.1) is 23.0 Å². The van der Waals surface area contributed by atoms with Crippen molar-refractivity contribution < 1.29 is 28.2 Å². The first-order valence-electron chi connectivity index (χ1n) is 13.2. The molecule has 38 heavy (non-hydrogen) atoms. The summed E-state index contributed by atoms with van der Waals surface area (Å²) in [5.74, 6) is -1.82. The summed E-state index contributed by atoms with van der Waals surface area (Å²) < 4.78 is 42.4. The monoisotopic (exact) mass is 522 g/mol. The lowest BCUT2D eigenvalue weighted by Crippen LogP contribution is -2.22. The molecule has 0 heterocycles. The highest BCUT2D eigenvalue weighted by Gasteiger charge is 2.36. The number of hydrogen-bond donors (Lipinski definition) is 1. The summed E-state index contributed by atoms with van der Waals surface area (Å²) in [7, 11) is 0. The summed E-state index contributed by atoms with van der Waals surface area (Å²) in [5, 5.41) is 9.33. The van der Waals surface area contributed by atoms with E-state index in [1.54, 1.807) is 36.4 Å². The standard InChI is InChI=1S/C32H36F2O4/c1-5-37-31(32(2,3)4)26-17-20(13-16-22(26)23-9-6-7-11-27(23)33)19-38-28-12-8-10-24(30(28)34)25(18-29(35)36)21-14-15-21/h6-13,16-17,21,25,31H,5,14-15,18-19H2,1-4H3,(H,35,36)/t25-,31-/m1/s1. The largest absolute Gasteiger partial charge is 0.486 e. The SMILES string of the molecule is CCO[C@H](c1cc(COc2cccc([C@H](CC(=O)O)C3CC3)c2F)ccc1-c1ccccc1F)C(C)(C)C. The molecule has 4 nitrogen and oxygen atoms in total. The van der Waals surface area contributed by atoms with E-state index < -0.39 is 11.8 Å². The fourth-order valence-electron chi connectivity index (χ4n) is 5.12. The van der Waals surface area contributed by atoms with Crippen LogP contribution in [0.4, 0.5) is 8.78 Å². The van der Waals surface area contributed by atoms with Gasteiger partial charge < -0.3 is 14.6 Å². The number of hydrogen-bond acceptors (Lipinski definition) is 3. The first-order valence-corrected chi connectivity index (χ1v) is 13.2. The van der Waals surface area contributed by atoms with Gasteiger partial charge in [-0.15, -0.1) is 0 Å². The van der Waals surface area contributed by atoms with Crippen molar-refractivity contribution in [2.45, 2.75) is 65.6 Å². The van der Waals surface area contributed by atoms with E-state index >= 15 is 4.39 Å². The molecule has 1 saturated carbocycles. The minimum atomic E-state index is -0.933. The lowest BCUT2D eigenvalue weighted by molar-refractivity contribution is -0.137. The maximum absolute atomic E-state index is 15.5. The van der Waals surface area contributed by atoms with Crippen molar-refractivity contribution in [1.82, 2.24) is 0 Å². The fourth-order valence-corrected chi connectivity index (χ4v) is 5.12. The molecule has 1 fully saturated rings. The van der Waals surface area contributed by atoms with Crippen molar-refractivity contribution in [1.29, 1.82) is 0 Å². The molecule has 0 radical (unpaired) electrons. The van der Waals surface area contributed by atoms with E-state index in [0.717, 1.165) is 29.5 Å². The quantitative estimate of drug-likeness (QED) is 0.275. The summed E-state index contributed by atoms with van der Waals surface area (Å²) in [6.07, 6.45) is 1.41. The van der Waals surface area contributed by atoms with Crippen LogP contribution in [0.15, 0.2) is 60.7 Å². The van der Waals surface area contributed by atoms with Crippen LogP contribution >= 0.6 is 0 Å². The predicted molar refractivity (Wildman–Crippen MR) is 144 cm³/mol. The van der Waals surface area contributed by atoms with Gasteiger partial charge in [-0.1, -0.05) is 63.2 Å². The normalized spacial score (nSPS) is 15.2. The topological polar surface area (TPSA) is 55.8 Å². The van der Waals surface area contributed by atoms with E-state index in [1.807, 2.05) is 25.1 Å². The summed E-state index contributed by atoms with van der Waals surface area (Å²) >= 11 is 0. The highest BCUT2D eigenvalue weighted by molar-refractivity contribution is 5.69. The molecule has 1 aliphatic rings. The maximum Gasteiger partial charge on any atom is 0.303 e. The Morgan fingerprint density at radius 3 is 2.37 bits per heavy atom. The van der Waals surface area contributed by atoms with Gasteiger partial charge in [-0.2, -0.15) is 0 Å². The van der Waals surface area contributed by atoms with E-state index in [-0.39, 0.29) is 47.9 Å². The zero-order valence-electron chi connectivity index (χ0n) is 22.5. The minimum Gasteiger partial charge on any atom is -0.486 e. The Labute approximate surface area is 223 Å². The molecule has 202 valence electrons. The zero-order valence-corrected chi connectivity index (χ0v) is 22.5. The van der Waals surface area contributed by atoms with Gasteiger partial charge in [0.05, 0.1) is 12.5 Å². The molecule has 4 rings (SSSR count). The van der Waals surface area contributed by atoms with Gasteiger partial charge in [-0.25, -0.2) is 8.78 Å². The van der Waals surface area contributed by atoms with E-state index in [0.29, 0.717) is 17.7 Å². The first-order chi connectivity index (χ1) is 18.1. The molecule has 0 saturated heterocycles. The Morgan fingerprint density at radius 1 is 1.00 bits per heavy atom. The van der Waals surface area contributed by atoms with Gasteiger partial charge in [0.15, 0.2) is 11.6 Å².